The monoisotopic (exact) mass is 507 g/mol. The Morgan fingerprint density at radius 3 is 2.72 bits per heavy atom. The molecule has 1 fully saturated rings. The lowest BCUT2D eigenvalue weighted by atomic mass is 9.96. The minimum absolute atomic E-state index is 0.129. The van der Waals surface area contributed by atoms with Crippen molar-refractivity contribution in [2.45, 2.75) is 19.9 Å². The topological polar surface area (TPSA) is 128 Å². The van der Waals surface area contributed by atoms with Gasteiger partial charge < -0.3 is 19.3 Å². The number of aliphatic hydroxyl groups excluding tert-OH is 1. The first-order valence-electron chi connectivity index (χ1n) is 11.2. The van der Waals surface area contributed by atoms with Crippen LogP contribution in [0.25, 0.3) is 5.76 Å². The summed E-state index contributed by atoms with van der Waals surface area (Å²) in [6.07, 6.45) is 3.07. The standard InChI is InChI=1S/C25H21N3O7S/c1-3-33-24(32)22-13(2)27-25(36-22)28-19(15-5-4-8-26-12-15)18(21(30)23(28)31)20(29)14-6-7-16-17(11-14)35-10-9-34-16/h4-8,11-12,19,29H,3,9-10H2,1-2H3/t19-/m0/s1. The fourth-order valence-electron chi connectivity index (χ4n) is 4.10. The van der Waals surface area contributed by atoms with Crippen LogP contribution in [0.15, 0.2) is 48.3 Å². The summed E-state index contributed by atoms with van der Waals surface area (Å²) in [4.78, 5) is 48.9. The number of hydrogen-bond donors (Lipinski definition) is 1. The number of esters is 1. The zero-order valence-corrected chi connectivity index (χ0v) is 20.2. The molecular weight excluding hydrogens is 486 g/mol. The van der Waals surface area contributed by atoms with Crippen molar-refractivity contribution in [3.63, 3.8) is 0 Å². The molecule has 1 aromatic carbocycles. The van der Waals surface area contributed by atoms with Crippen molar-refractivity contribution in [2.75, 3.05) is 24.7 Å². The molecule has 11 heteroatoms. The van der Waals surface area contributed by atoms with Crippen LogP contribution >= 0.6 is 11.3 Å². The van der Waals surface area contributed by atoms with Crippen molar-refractivity contribution in [3.05, 3.63) is 70.0 Å². The molecule has 0 saturated carbocycles. The molecule has 2 aliphatic rings. The second-order valence-electron chi connectivity index (χ2n) is 7.95. The number of aromatic nitrogens is 2. The molecule has 0 aliphatic carbocycles. The van der Waals surface area contributed by atoms with Crippen LogP contribution < -0.4 is 14.4 Å². The first-order chi connectivity index (χ1) is 17.4. The van der Waals surface area contributed by atoms with Crippen molar-refractivity contribution in [1.29, 1.82) is 0 Å². The SMILES string of the molecule is CCOC(=O)c1sc(N2C(=O)C(=O)C(=C(O)c3ccc4c(c3)OCCO4)[C@@H]2c2cccnc2)nc1C. The number of amides is 1. The Morgan fingerprint density at radius 1 is 1.22 bits per heavy atom. The third-order valence-electron chi connectivity index (χ3n) is 5.71. The highest BCUT2D eigenvalue weighted by atomic mass is 32.1. The Labute approximate surface area is 209 Å². The van der Waals surface area contributed by atoms with E-state index in [2.05, 4.69) is 9.97 Å². The Kier molecular flexibility index (Phi) is 6.15. The number of benzene rings is 1. The second kappa shape index (κ2) is 9.42. The van der Waals surface area contributed by atoms with E-state index in [1.54, 1.807) is 50.4 Å². The molecular formula is C25H21N3O7S. The molecule has 36 heavy (non-hydrogen) atoms. The number of anilines is 1. The minimum Gasteiger partial charge on any atom is -0.507 e. The van der Waals surface area contributed by atoms with Gasteiger partial charge in [0.1, 0.15) is 23.9 Å². The molecule has 1 N–H and O–H groups in total. The fourth-order valence-corrected chi connectivity index (χ4v) is 5.09. The summed E-state index contributed by atoms with van der Waals surface area (Å²) >= 11 is 0.943. The molecule has 0 unspecified atom stereocenters. The van der Waals surface area contributed by atoms with Crippen LogP contribution in [-0.2, 0) is 14.3 Å². The van der Waals surface area contributed by atoms with Gasteiger partial charge in [0, 0.05) is 18.0 Å². The lowest BCUT2D eigenvalue weighted by molar-refractivity contribution is -0.132. The summed E-state index contributed by atoms with van der Waals surface area (Å²) in [5.41, 5.74) is 1.01. The molecule has 1 atom stereocenters. The summed E-state index contributed by atoms with van der Waals surface area (Å²) in [5.74, 6) is -1.77. The molecule has 5 rings (SSSR count). The second-order valence-corrected chi connectivity index (χ2v) is 8.92. The van der Waals surface area contributed by atoms with Gasteiger partial charge >= 0.3 is 11.9 Å². The molecule has 4 heterocycles. The average molecular weight is 508 g/mol. The van der Waals surface area contributed by atoms with Crippen LogP contribution in [0.4, 0.5) is 5.13 Å². The average Bonchev–Trinajstić information content (AvgIpc) is 3.40. The number of ketones is 1. The van der Waals surface area contributed by atoms with Gasteiger partial charge in [0.25, 0.3) is 5.78 Å². The summed E-state index contributed by atoms with van der Waals surface area (Å²) in [5, 5.41) is 11.4. The van der Waals surface area contributed by atoms with Crippen LogP contribution in [0.5, 0.6) is 11.5 Å². The number of thiazole rings is 1. The van der Waals surface area contributed by atoms with E-state index in [9.17, 15) is 19.5 Å². The Hall–Kier alpha value is -4.25. The van der Waals surface area contributed by atoms with E-state index in [-0.39, 0.29) is 33.5 Å². The van der Waals surface area contributed by atoms with E-state index in [1.807, 2.05) is 0 Å². The maximum absolute atomic E-state index is 13.3. The molecule has 0 spiro atoms. The maximum Gasteiger partial charge on any atom is 0.350 e. The number of carbonyl (C=O) groups is 3. The first-order valence-corrected chi connectivity index (χ1v) is 12.0. The largest absolute Gasteiger partial charge is 0.507 e. The van der Waals surface area contributed by atoms with Gasteiger partial charge in [-0.2, -0.15) is 0 Å². The van der Waals surface area contributed by atoms with Crippen molar-refractivity contribution >= 4 is 39.9 Å². The number of nitrogens with zero attached hydrogens (tertiary/aromatic N) is 3. The van der Waals surface area contributed by atoms with Crippen LogP contribution in [0.1, 0.15) is 39.5 Å². The minimum atomic E-state index is -1.02. The van der Waals surface area contributed by atoms with Crippen molar-refractivity contribution in [1.82, 2.24) is 9.97 Å². The van der Waals surface area contributed by atoms with Crippen LogP contribution in [0, 0.1) is 6.92 Å². The quantitative estimate of drug-likeness (QED) is 0.239. The molecule has 0 radical (unpaired) electrons. The molecule has 1 saturated heterocycles. The van der Waals surface area contributed by atoms with E-state index in [0.29, 0.717) is 36.0 Å². The summed E-state index contributed by atoms with van der Waals surface area (Å²) < 4.78 is 16.2. The van der Waals surface area contributed by atoms with E-state index in [4.69, 9.17) is 14.2 Å². The predicted molar refractivity (Wildman–Crippen MR) is 129 cm³/mol. The fraction of sp³-hybridized carbons (Fsp3) is 0.240. The van der Waals surface area contributed by atoms with E-state index in [0.717, 1.165) is 11.3 Å². The van der Waals surface area contributed by atoms with Gasteiger partial charge in [0.15, 0.2) is 16.6 Å². The van der Waals surface area contributed by atoms with Gasteiger partial charge in [-0.25, -0.2) is 9.78 Å². The zero-order chi connectivity index (χ0) is 25.4. The highest BCUT2D eigenvalue weighted by Crippen LogP contribution is 2.44. The lowest BCUT2D eigenvalue weighted by Gasteiger charge is -2.23. The normalized spacial score (nSPS) is 18.4. The first kappa shape index (κ1) is 23.5. The number of aliphatic hydroxyl groups is 1. The molecule has 2 aliphatic heterocycles. The molecule has 3 aromatic rings. The van der Waals surface area contributed by atoms with Crippen LogP contribution in [0.2, 0.25) is 0 Å². The Balaban J connectivity index is 1.65. The highest BCUT2D eigenvalue weighted by Gasteiger charge is 2.48. The van der Waals surface area contributed by atoms with E-state index < -0.39 is 23.7 Å². The number of aryl methyl sites for hydroxylation is 1. The lowest BCUT2D eigenvalue weighted by Crippen LogP contribution is -2.29. The predicted octanol–water partition coefficient (Wildman–Crippen LogP) is 3.42. The number of Topliss-reactive ketones (excluding diaryl/α,β-unsaturated/α-hetero) is 1. The summed E-state index contributed by atoms with van der Waals surface area (Å²) in [7, 11) is 0. The number of hydrogen-bond acceptors (Lipinski definition) is 10. The van der Waals surface area contributed by atoms with Gasteiger partial charge in [0.05, 0.1) is 23.9 Å². The van der Waals surface area contributed by atoms with Gasteiger partial charge in [-0.05, 0) is 43.7 Å². The molecule has 0 bridgehead atoms. The number of ether oxygens (including phenoxy) is 3. The third kappa shape index (κ3) is 3.97. The van der Waals surface area contributed by atoms with Crippen molar-refractivity contribution in [2.24, 2.45) is 0 Å². The third-order valence-corrected chi connectivity index (χ3v) is 6.85. The number of carbonyl (C=O) groups excluding carboxylic acids is 3. The van der Waals surface area contributed by atoms with Crippen molar-refractivity contribution in [3.8, 4) is 11.5 Å². The smallest absolute Gasteiger partial charge is 0.350 e. The summed E-state index contributed by atoms with van der Waals surface area (Å²) in [6, 6.07) is 7.12. The number of pyridine rings is 1. The van der Waals surface area contributed by atoms with Gasteiger partial charge in [0.2, 0.25) is 0 Å². The maximum atomic E-state index is 13.3. The van der Waals surface area contributed by atoms with Crippen LogP contribution in [-0.4, -0.2) is 52.6 Å². The van der Waals surface area contributed by atoms with Crippen LogP contribution in [0.3, 0.4) is 0 Å². The Bertz CT molecular complexity index is 1400. The summed E-state index contributed by atoms with van der Waals surface area (Å²) in [6.45, 7) is 4.25. The molecule has 10 nitrogen and oxygen atoms in total. The number of rotatable bonds is 5. The zero-order valence-electron chi connectivity index (χ0n) is 19.4. The van der Waals surface area contributed by atoms with E-state index in [1.165, 1.54) is 11.1 Å². The molecule has 2 aromatic heterocycles. The van der Waals surface area contributed by atoms with Crippen molar-refractivity contribution < 1.29 is 33.7 Å². The van der Waals surface area contributed by atoms with Gasteiger partial charge in [-0.15, -0.1) is 0 Å². The van der Waals surface area contributed by atoms with Gasteiger partial charge in [-0.3, -0.25) is 19.5 Å². The Morgan fingerprint density at radius 2 is 2.00 bits per heavy atom. The van der Waals surface area contributed by atoms with E-state index >= 15 is 0 Å². The van der Waals surface area contributed by atoms with Gasteiger partial charge in [-0.1, -0.05) is 17.4 Å². The number of fused-ring (bicyclic) bond motifs is 1. The molecule has 1 amide bonds. The highest BCUT2D eigenvalue weighted by molar-refractivity contribution is 7.17. The molecule has 184 valence electrons.